The zero-order chi connectivity index (χ0) is 23.0. The van der Waals surface area contributed by atoms with Gasteiger partial charge in [-0.3, -0.25) is 4.79 Å². The third-order valence-electron chi connectivity index (χ3n) is 6.51. The molecule has 0 unspecified atom stereocenters. The molecule has 5 nitrogen and oxygen atoms in total. The Labute approximate surface area is 185 Å². The van der Waals surface area contributed by atoms with Crippen molar-refractivity contribution >= 4 is 26.7 Å². The molecule has 1 saturated carbocycles. The van der Waals surface area contributed by atoms with E-state index in [1.165, 1.54) is 24.3 Å². The molecule has 0 saturated heterocycles. The van der Waals surface area contributed by atoms with Gasteiger partial charge in [0.05, 0.1) is 10.6 Å². The van der Waals surface area contributed by atoms with Gasteiger partial charge in [0.1, 0.15) is 18.2 Å². The highest BCUT2D eigenvalue weighted by Gasteiger charge is 2.30. The van der Waals surface area contributed by atoms with E-state index < -0.39 is 21.6 Å². The average Bonchev–Trinajstić information content (AvgIpc) is 2.99. The van der Waals surface area contributed by atoms with Gasteiger partial charge in [-0.05, 0) is 92.5 Å². The quantitative estimate of drug-likeness (QED) is 0.521. The van der Waals surface area contributed by atoms with E-state index in [0.717, 1.165) is 41.6 Å². The van der Waals surface area contributed by atoms with E-state index in [0.29, 0.717) is 18.4 Å². The van der Waals surface area contributed by atoms with E-state index in [4.69, 9.17) is 0 Å². The molecular formula is C24H25F2NO4S. The summed E-state index contributed by atoms with van der Waals surface area (Å²) in [7, 11) is -3.50. The van der Waals surface area contributed by atoms with Crippen molar-refractivity contribution in [3.8, 4) is 0 Å². The standard InChI is InChI=1S/C24H25F2NO4S/c1-15-24(21-12-19(26)8-11-22(21)27(15)13-23(28)29)17-4-2-16(3-5-17)14-32(30,31)20-9-6-18(25)7-10-20/h6-12,16-17H,2-5,13-14H2,1H3,(H,28,29). The maximum Gasteiger partial charge on any atom is 0.323 e. The van der Waals surface area contributed by atoms with Crippen LogP contribution >= 0.6 is 0 Å². The van der Waals surface area contributed by atoms with E-state index in [9.17, 15) is 27.1 Å². The number of nitrogens with zero attached hydrogens (tertiary/aromatic N) is 1. The van der Waals surface area contributed by atoms with Crippen molar-refractivity contribution in [3.63, 3.8) is 0 Å². The summed E-state index contributed by atoms with van der Waals surface area (Å²) >= 11 is 0. The number of benzene rings is 2. The van der Waals surface area contributed by atoms with Crippen LogP contribution in [-0.4, -0.2) is 29.8 Å². The molecular weight excluding hydrogens is 436 g/mol. The summed E-state index contributed by atoms with van der Waals surface area (Å²) in [5, 5.41) is 10.0. The summed E-state index contributed by atoms with van der Waals surface area (Å²) < 4.78 is 54.3. The van der Waals surface area contributed by atoms with E-state index in [1.54, 1.807) is 10.6 Å². The number of carboxylic acid groups (broad SMARTS) is 1. The Kier molecular flexibility index (Phi) is 6.07. The summed E-state index contributed by atoms with van der Waals surface area (Å²) in [6, 6.07) is 9.31. The van der Waals surface area contributed by atoms with Crippen LogP contribution in [0, 0.1) is 24.5 Å². The van der Waals surface area contributed by atoms with E-state index in [2.05, 4.69) is 0 Å². The molecule has 0 amide bonds. The predicted molar refractivity (Wildman–Crippen MR) is 117 cm³/mol. The first-order chi connectivity index (χ1) is 15.2. The van der Waals surface area contributed by atoms with Gasteiger partial charge >= 0.3 is 5.97 Å². The van der Waals surface area contributed by atoms with Gasteiger partial charge in [-0.25, -0.2) is 17.2 Å². The molecule has 0 bridgehead atoms. The van der Waals surface area contributed by atoms with Crippen molar-refractivity contribution in [2.24, 2.45) is 5.92 Å². The summed E-state index contributed by atoms with van der Waals surface area (Å²) in [4.78, 5) is 11.5. The SMILES string of the molecule is Cc1c(C2CCC(CS(=O)(=O)c3ccc(F)cc3)CC2)c2cc(F)ccc2n1CC(=O)O. The fourth-order valence-corrected chi connectivity index (χ4v) is 6.70. The number of carboxylic acids is 1. The van der Waals surface area contributed by atoms with Crippen LogP contribution in [0.2, 0.25) is 0 Å². The van der Waals surface area contributed by atoms with Gasteiger partial charge in [0.25, 0.3) is 0 Å². The molecule has 3 aromatic rings. The van der Waals surface area contributed by atoms with Crippen molar-refractivity contribution in [1.82, 2.24) is 4.57 Å². The third-order valence-corrected chi connectivity index (χ3v) is 8.41. The van der Waals surface area contributed by atoms with Crippen LogP contribution in [-0.2, 0) is 21.2 Å². The number of fused-ring (bicyclic) bond motifs is 1. The van der Waals surface area contributed by atoms with Gasteiger partial charge in [-0.15, -0.1) is 0 Å². The first-order valence-corrected chi connectivity index (χ1v) is 12.3. The Hall–Kier alpha value is -2.74. The maximum absolute atomic E-state index is 14.0. The predicted octanol–water partition coefficient (Wildman–Crippen LogP) is 5.06. The van der Waals surface area contributed by atoms with Gasteiger partial charge in [0.15, 0.2) is 9.84 Å². The normalized spacial score (nSPS) is 19.3. The van der Waals surface area contributed by atoms with Crippen LogP contribution in [0.5, 0.6) is 0 Å². The van der Waals surface area contributed by atoms with Gasteiger partial charge in [-0.1, -0.05) is 0 Å². The molecule has 1 aliphatic carbocycles. The first-order valence-electron chi connectivity index (χ1n) is 10.6. The monoisotopic (exact) mass is 461 g/mol. The number of aliphatic carboxylic acids is 1. The number of aromatic nitrogens is 1. The van der Waals surface area contributed by atoms with Crippen LogP contribution in [0.1, 0.15) is 42.9 Å². The lowest BCUT2D eigenvalue weighted by Crippen LogP contribution is -2.22. The molecule has 1 N–H and O–H groups in total. The second-order valence-corrected chi connectivity index (χ2v) is 10.6. The fourth-order valence-electron chi connectivity index (χ4n) is 5.00. The van der Waals surface area contributed by atoms with Crippen molar-refractivity contribution in [3.05, 3.63) is 65.4 Å². The van der Waals surface area contributed by atoms with Gasteiger partial charge < -0.3 is 9.67 Å². The number of halogens is 2. The first kappa shape index (κ1) is 22.5. The van der Waals surface area contributed by atoms with Crippen LogP contribution in [0.4, 0.5) is 8.78 Å². The van der Waals surface area contributed by atoms with Gasteiger partial charge in [0.2, 0.25) is 0 Å². The zero-order valence-electron chi connectivity index (χ0n) is 17.7. The molecule has 2 aromatic carbocycles. The Balaban J connectivity index is 1.54. The summed E-state index contributed by atoms with van der Waals surface area (Å²) in [5.41, 5.74) is 2.47. The zero-order valence-corrected chi connectivity index (χ0v) is 18.5. The molecule has 1 heterocycles. The fraction of sp³-hybridized carbons (Fsp3) is 0.375. The van der Waals surface area contributed by atoms with Crippen molar-refractivity contribution < 1.29 is 27.1 Å². The topological polar surface area (TPSA) is 76.4 Å². The number of carbonyl (C=O) groups is 1. The Morgan fingerprint density at radius 1 is 1.03 bits per heavy atom. The molecule has 0 spiro atoms. The second kappa shape index (κ2) is 8.65. The molecule has 0 aliphatic heterocycles. The summed E-state index contributed by atoms with van der Waals surface area (Å²) in [6.45, 7) is 1.67. The largest absolute Gasteiger partial charge is 0.480 e. The minimum Gasteiger partial charge on any atom is -0.480 e. The van der Waals surface area contributed by atoms with Crippen molar-refractivity contribution in [2.45, 2.75) is 50.0 Å². The second-order valence-electron chi connectivity index (χ2n) is 8.59. The number of rotatable bonds is 6. The number of sulfone groups is 1. The molecule has 8 heteroatoms. The molecule has 0 atom stereocenters. The Bertz CT molecular complexity index is 1260. The van der Waals surface area contributed by atoms with Crippen LogP contribution in [0.15, 0.2) is 47.4 Å². The van der Waals surface area contributed by atoms with Crippen molar-refractivity contribution in [1.29, 1.82) is 0 Å². The average molecular weight is 462 g/mol. The van der Waals surface area contributed by atoms with Gasteiger partial charge in [0, 0.05) is 16.6 Å². The highest BCUT2D eigenvalue weighted by molar-refractivity contribution is 7.91. The Morgan fingerprint density at radius 2 is 1.66 bits per heavy atom. The van der Waals surface area contributed by atoms with Gasteiger partial charge in [-0.2, -0.15) is 0 Å². The summed E-state index contributed by atoms with van der Waals surface area (Å²) in [5.74, 6) is -1.69. The maximum atomic E-state index is 14.0. The summed E-state index contributed by atoms with van der Waals surface area (Å²) in [6.07, 6.45) is 2.89. The van der Waals surface area contributed by atoms with E-state index in [1.807, 2.05) is 6.92 Å². The molecule has 0 radical (unpaired) electrons. The minimum atomic E-state index is -3.50. The molecule has 1 fully saturated rings. The van der Waals surface area contributed by atoms with Crippen LogP contribution in [0.3, 0.4) is 0 Å². The molecule has 4 rings (SSSR count). The Morgan fingerprint density at radius 3 is 2.28 bits per heavy atom. The lowest BCUT2D eigenvalue weighted by molar-refractivity contribution is -0.137. The van der Waals surface area contributed by atoms with E-state index in [-0.39, 0.29) is 34.8 Å². The van der Waals surface area contributed by atoms with Crippen molar-refractivity contribution in [2.75, 3.05) is 5.75 Å². The highest BCUT2D eigenvalue weighted by Crippen LogP contribution is 2.42. The molecule has 1 aromatic heterocycles. The third kappa shape index (κ3) is 4.41. The molecule has 1 aliphatic rings. The number of hydrogen-bond acceptors (Lipinski definition) is 3. The molecule has 170 valence electrons. The van der Waals surface area contributed by atoms with Crippen LogP contribution in [0.25, 0.3) is 10.9 Å². The van der Waals surface area contributed by atoms with E-state index >= 15 is 0 Å². The lowest BCUT2D eigenvalue weighted by Gasteiger charge is -2.29. The van der Waals surface area contributed by atoms with Crippen LogP contribution < -0.4 is 0 Å². The molecule has 32 heavy (non-hydrogen) atoms. The lowest BCUT2D eigenvalue weighted by atomic mass is 9.78. The minimum absolute atomic E-state index is 0.00860. The highest BCUT2D eigenvalue weighted by atomic mass is 32.2. The number of hydrogen-bond donors (Lipinski definition) is 1. The smallest absolute Gasteiger partial charge is 0.323 e.